The molecule has 0 spiro atoms. The number of carbonyl (C=O) groups is 1. The summed E-state index contributed by atoms with van der Waals surface area (Å²) in [7, 11) is 0. The number of ether oxygens (including phenoxy) is 6. The van der Waals surface area contributed by atoms with E-state index in [1.54, 1.807) is 0 Å². The van der Waals surface area contributed by atoms with E-state index in [1.165, 1.54) is 315 Å². The van der Waals surface area contributed by atoms with Gasteiger partial charge in [0.05, 0.1) is 38.6 Å². The van der Waals surface area contributed by atoms with E-state index in [2.05, 4.69) is 19.2 Å². The van der Waals surface area contributed by atoms with E-state index in [-0.39, 0.29) is 18.9 Å². The van der Waals surface area contributed by atoms with Crippen molar-refractivity contribution in [3.8, 4) is 0 Å². The number of carbonyl (C=O) groups excluding carboxylic acids is 1. The van der Waals surface area contributed by atoms with Crippen molar-refractivity contribution < 1.29 is 89.4 Å². The van der Waals surface area contributed by atoms with Crippen LogP contribution >= 0.6 is 0 Å². The molecule has 102 heavy (non-hydrogen) atoms. The van der Waals surface area contributed by atoms with Crippen molar-refractivity contribution in [2.24, 2.45) is 0 Å². The van der Waals surface area contributed by atoms with Crippen LogP contribution in [-0.2, 0) is 33.2 Å². The summed E-state index contributed by atoms with van der Waals surface area (Å²) < 4.78 is 34.6. The standard InChI is InChI=1S/C83H161NO18/c1-3-5-7-9-11-13-15-17-19-21-23-25-27-29-31-32-33-35-37-39-41-43-45-47-49-51-53-55-57-59-61-71(89)84-66(67(88)60-58-56-54-52-50-48-46-44-42-40-38-36-34-30-28-26-24-22-20-18-16-14-12-10-8-6-4-2)65-97-81-77(95)74(92)79(69(63-86)99-81)102-83-78(96)75(93)80(70(64-87)100-83)101-82-76(94)73(91)72(90)68(62-85)98-82/h66-70,72-83,85-88,90-96H,3-65H2,1-2H3,(H,84,89). The lowest BCUT2D eigenvalue weighted by molar-refractivity contribution is -0.379. The molecule has 17 unspecified atom stereocenters. The number of aliphatic hydroxyl groups is 11. The minimum Gasteiger partial charge on any atom is -0.394 e. The average Bonchev–Trinajstić information content (AvgIpc) is 0.781. The molecule has 19 heteroatoms. The van der Waals surface area contributed by atoms with E-state index in [9.17, 15) is 61.0 Å². The zero-order chi connectivity index (χ0) is 73.9. The average molecular weight is 1460 g/mol. The summed E-state index contributed by atoms with van der Waals surface area (Å²) in [6.07, 6.45) is 49.2. The van der Waals surface area contributed by atoms with Crippen LogP contribution in [0.3, 0.4) is 0 Å². The molecule has 3 aliphatic heterocycles. The Hall–Kier alpha value is -1.21. The first-order valence-corrected chi connectivity index (χ1v) is 43.3. The molecule has 1 amide bonds. The second-order valence-corrected chi connectivity index (χ2v) is 31.4. The van der Waals surface area contributed by atoms with Gasteiger partial charge in [-0.2, -0.15) is 0 Å². The second-order valence-electron chi connectivity index (χ2n) is 31.4. The lowest BCUT2D eigenvalue weighted by Crippen LogP contribution is -2.66. The summed E-state index contributed by atoms with van der Waals surface area (Å²) in [5.74, 6) is -0.231. The van der Waals surface area contributed by atoms with Crippen molar-refractivity contribution in [2.75, 3.05) is 26.4 Å². The second kappa shape index (κ2) is 64.6. The van der Waals surface area contributed by atoms with E-state index >= 15 is 0 Å². The van der Waals surface area contributed by atoms with Gasteiger partial charge in [0.1, 0.15) is 73.2 Å². The Balaban J connectivity index is 1.34. The molecule has 3 heterocycles. The first kappa shape index (κ1) is 95.0. The smallest absolute Gasteiger partial charge is 0.220 e. The zero-order valence-corrected chi connectivity index (χ0v) is 65.1. The number of unbranched alkanes of at least 4 members (excludes halogenated alkanes) is 55. The van der Waals surface area contributed by atoms with Gasteiger partial charge in [0, 0.05) is 6.42 Å². The van der Waals surface area contributed by atoms with Crippen molar-refractivity contribution in [1.82, 2.24) is 5.32 Å². The van der Waals surface area contributed by atoms with Crippen molar-refractivity contribution >= 4 is 5.91 Å². The van der Waals surface area contributed by atoms with Crippen molar-refractivity contribution in [1.29, 1.82) is 0 Å². The normalized spacial score (nSPS) is 26.1. The molecule has 606 valence electrons. The molecule has 0 aromatic heterocycles. The molecule has 3 aliphatic rings. The highest BCUT2D eigenvalue weighted by molar-refractivity contribution is 5.76. The zero-order valence-electron chi connectivity index (χ0n) is 65.1. The maximum atomic E-state index is 13.5. The topological polar surface area (TPSA) is 307 Å². The minimum atomic E-state index is -1.97. The Labute approximate surface area is 621 Å². The van der Waals surface area contributed by atoms with Gasteiger partial charge >= 0.3 is 0 Å². The van der Waals surface area contributed by atoms with Gasteiger partial charge in [-0.05, 0) is 12.8 Å². The van der Waals surface area contributed by atoms with Gasteiger partial charge < -0.3 is 89.9 Å². The number of hydrogen-bond acceptors (Lipinski definition) is 18. The van der Waals surface area contributed by atoms with E-state index in [1.807, 2.05) is 0 Å². The summed E-state index contributed by atoms with van der Waals surface area (Å²) in [5, 5.41) is 121. The molecule has 0 aromatic carbocycles. The van der Waals surface area contributed by atoms with Crippen LogP contribution in [0.2, 0.25) is 0 Å². The molecule has 3 rings (SSSR count). The van der Waals surface area contributed by atoms with Gasteiger partial charge in [-0.25, -0.2) is 0 Å². The van der Waals surface area contributed by atoms with Crippen LogP contribution in [0.15, 0.2) is 0 Å². The Morgan fingerprint density at radius 1 is 0.314 bits per heavy atom. The van der Waals surface area contributed by atoms with Crippen LogP contribution in [0.5, 0.6) is 0 Å². The summed E-state index contributed by atoms with van der Waals surface area (Å²) in [4.78, 5) is 13.5. The van der Waals surface area contributed by atoms with E-state index in [0.29, 0.717) is 12.8 Å². The number of amides is 1. The van der Waals surface area contributed by atoms with E-state index in [4.69, 9.17) is 28.4 Å². The molecule has 0 saturated carbocycles. The fourth-order valence-electron chi connectivity index (χ4n) is 15.3. The number of hydrogen-bond donors (Lipinski definition) is 12. The van der Waals surface area contributed by atoms with Crippen molar-refractivity contribution in [3.63, 3.8) is 0 Å². The first-order chi connectivity index (χ1) is 49.8. The predicted molar refractivity (Wildman–Crippen MR) is 407 cm³/mol. The molecule has 17 atom stereocenters. The van der Waals surface area contributed by atoms with Crippen LogP contribution in [-0.4, -0.2) is 193 Å². The Kier molecular flexibility index (Phi) is 60.2. The third kappa shape index (κ3) is 43.8. The Morgan fingerprint density at radius 2 is 0.559 bits per heavy atom. The molecule has 12 N–H and O–H groups in total. The number of nitrogens with one attached hydrogen (secondary N) is 1. The Morgan fingerprint density at radius 3 is 0.853 bits per heavy atom. The van der Waals surface area contributed by atoms with Crippen LogP contribution in [0.25, 0.3) is 0 Å². The molecule has 0 aromatic rings. The van der Waals surface area contributed by atoms with E-state index < -0.39 is 124 Å². The lowest BCUT2D eigenvalue weighted by atomic mass is 9.96. The van der Waals surface area contributed by atoms with Crippen LogP contribution in [0.4, 0.5) is 0 Å². The van der Waals surface area contributed by atoms with Crippen molar-refractivity contribution in [2.45, 2.75) is 497 Å². The van der Waals surface area contributed by atoms with Gasteiger partial charge in [0.2, 0.25) is 5.91 Å². The van der Waals surface area contributed by atoms with Gasteiger partial charge in [-0.1, -0.05) is 373 Å². The van der Waals surface area contributed by atoms with Crippen LogP contribution in [0.1, 0.15) is 393 Å². The molecule has 0 radical (unpaired) electrons. The first-order valence-electron chi connectivity index (χ1n) is 43.3. The van der Waals surface area contributed by atoms with Gasteiger partial charge in [-0.15, -0.1) is 0 Å². The monoisotopic (exact) mass is 1460 g/mol. The Bertz CT molecular complexity index is 1840. The quantitative estimate of drug-likeness (QED) is 0.0252. The molecule has 3 saturated heterocycles. The summed E-state index contributed by atoms with van der Waals surface area (Å²) >= 11 is 0. The molecule has 0 aliphatic carbocycles. The minimum absolute atomic E-state index is 0.231. The van der Waals surface area contributed by atoms with Crippen LogP contribution < -0.4 is 5.32 Å². The third-order valence-corrected chi connectivity index (χ3v) is 22.2. The molecular weight excluding hydrogens is 1300 g/mol. The fraction of sp³-hybridized carbons (Fsp3) is 0.988. The maximum Gasteiger partial charge on any atom is 0.220 e. The molecule has 3 fully saturated rings. The molecule has 0 bridgehead atoms. The lowest BCUT2D eigenvalue weighted by Gasteiger charge is -2.48. The number of aliphatic hydroxyl groups excluding tert-OH is 11. The summed E-state index contributed by atoms with van der Waals surface area (Å²) in [6, 6.07) is -0.884. The van der Waals surface area contributed by atoms with Gasteiger partial charge in [-0.3, -0.25) is 4.79 Å². The molecule has 19 nitrogen and oxygen atoms in total. The predicted octanol–water partition coefficient (Wildman–Crippen LogP) is 15.4. The fourth-order valence-corrected chi connectivity index (χ4v) is 15.3. The largest absolute Gasteiger partial charge is 0.394 e. The highest BCUT2D eigenvalue weighted by atomic mass is 16.8. The SMILES string of the molecule is CCCCCCCCCCCCCCCCCCCCCCCCCCCCCCCCC(=O)NC(COC1OC(CO)C(OC2OC(CO)C(OC3OC(CO)C(O)C(O)C3O)C(O)C2O)C(O)C1O)C(O)CCCCCCCCCCCCCCCCCCCCCCCCCCCCC. The third-order valence-electron chi connectivity index (χ3n) is 22.2. The highest BCUT2D eigenvalue weighted by Crippen LogP contribution is 2.34. The van der Waals surface area contributed by atoms with Gasteiger partial charge in [0.15, 0.2) is 18.9 Å². The van der Waals surface area contributed by atoms with Gasteiger partial charge in [0.25, 0.3) is 0 Å². The van der Waals surface area contributed by atoms with Crippen molar-refractivity contribution in [3.05, 3.63) is 0 Å². The van der Waals surface area contributed by atoms with E-state index in [0.717, 1.165) is 44.9 Å². The molecular formula is C83H161NO18. The highest BCUT2D eigenvalue weighted by Gasteiger charge is 2.54. The van der Waals surface area contributed by atoms with Crippen LogP contribution in [0, 0.1) is 0 Å². The summed E-state index contributed by atoms with van der Waals surface area (Å²) in [6.45, 7) is 1.89. The maximum absolute atomic E-state index is 13.5. The summed E-state index contributed by atoms with van der Waals surface area (Å²) in [5.41, 5.74) is 0. The number of rotatable bonds is 71.